The van der Waals surface area contributed by atoms with E-state index in [2.05, 4.69) is 5.73 Å². The molecule has 0 aromatic heterocycles. The fraction of sp³-hybridized carbons (Fsp3) is 0.500. The van der Waals surface area contributed by atoms with Gasteiger partial charge in [-0.05, 0) is 7.05 Å². The summed E-state index contributed by atoms with van der Waals surface area (Å²) >= 11 is 0. The van der Waals surface area contributed by atoms with Crippen LogP contribution in [0.4, 0.5) is 8.78 Å². The lowest BCUT2D eigenvalue weighted by Gasteiger charge is -1.39. The standard InChI is InChI=1S/CHF2.CH5N/c2-1-3;1-2/h1H;2H2,1H3. The number of halogens is 2. The summed E-state index contributed by atoms with van der Waals surface area (Å²) in [4.78, 5) is 0. The minimum absolute atomic E-state index is 1.00. The van der Waals surface area contributed by atoms with Crippen LogP contribution in [0.25, 0.3) is 0 Å². The Morgan fingerprint density at radius 2 is 1.40 bits per heavy atom. The number of nitrogens with two attached hydrogens (primary N) is 1. The molecule has 0 heterocycles. The first-order valence-electron chi connectivity index (χ1n) is 1.01. The maximum atomic E-state index is 9.50. The van der Waals surface area contributed by atoms with Crippen LogP contribution in [0.15, 0.2) is 0 Å². The van der Waals surface area contributed by atoms with Gasteiger partial charge in [0, 0.05) is 0 Å². The minimum Gasteiger partial charge on any atom is -0.333 e. The van der Waals surface area contributed by atoms with Crippen LogP contribution in [0.3, 0.4) is 0 Å². The van der Waals surface area contributed by atoms with E-state index in [9.17, 15) is 8.78 Å². The summed E-state index contributed by atoms with van der Waals surface area (Å²) in [6, 6.07) is 0. The van der Waals surface area contributed by atoms with Gasteiger partial charge >= 0.3 is 0 Å². The molecule has 0 bridgehead atoms. The fourth-order valence-corrected chi connectivity index (χ4v) is 0. The summed E-state index contributed by atoms with van der Waals surface area (Å²) in [5, 5.41) is 0. The predicted molar refractivity (Wildman–Crippen MR) is 16.6 cm³/mol. The Bertz CT molecular complexity index is 7.61. The van der Waals surface area contributed by atoms with Crippen LogP contribution in [0.5, 0.6) is 0 Å². The summed E-state index contributed by atoms with van der Waals surface area (Å²) < 4.78 is 19.0. The molecule has 0 atom stereocenters. The van der Waals surface area contributed by atoms with E-state index < -0.39 is 6.93 Å². The van der Waals surface area contributed by atoms with Crippen molar-refractivity contribution in [2.45, 2.75) is 0 Å². The second-order valence-electron chi connectivity index (χ2n) is 0.0825. The molecular formula is C2H6F2N. The molecule has 0 aliphatic heterocycles. The van der Waals surface area contributed by atoms with Gasteiger partial charge < -0.3 is 5.73 Å². The van der Waals surface area contributed by atoms with E-state index in [4.69, 9.17) is 0 Å². The van der Waals surface area contributed by atoms with Gasteiger partial charge in [0.05, 0.1) is 0 Å². The monoisotopic (exact) mass is 82.0 g/mol. The van der Waals surface area contributed by atoms with Crippen molar-refractivity contribution in [3.8, 4) is 0 Å². The molecule has 0 spiro atoms. The zero-order valence-electron chi connectivity index (χ0n) is 2.91. The molecule has 0 saturated carbocycles. The molecule has 2 N–H and O–H groups in total. The van der Waals surface area contributed by atoms with Crippen LogP contribution >= 0.6 is 0 Å². The Kier molecular flexibility index (Phi) is 79.9. The number of hydrogen-bond acceptors (Lipinski definition) is 1. The highest BCUT2D eigenvalue weighted by molar-refractivity contribution is 3.95. The van der Waals surface area contributed by atoms with Gasteiger partial charge in [-0.25, -0.2) is 8.78 Å². The first kappa shape index (κ1) is 8.84. The average Bonchev–Trinajstić information content (AvgIpc) is 1.46. The molecule has 0 aromatic carbocycles. The van der Waals surface area contributed by atoms with Gasteiger partial charge in [0.1, 0.15) is 0 Å². The largest absolute Gasteiger partial charge is 0.333 e. The predicted octanol–water partition coefficient (Wildman–Crippen LogP) is 0.620. The molecule has 0 rings (SSSR count). The molecule has 0 unspecified atom stereocenters. The second kappa shape index (κ2) is 45.2. The number of rotatable bonds is 0. The number of hydrogen-bond donors (Lipinski definition) is 1. The van der Waals surface area contributed by atoms with Crippen LogP contribution in [-0.4, -0.2) is 7.05 Å². The molecule has 0 aliphatic rings. The lowest BCUT2D eigenvalue weighted by molar-refractivity contribution is 0.404. The zero-order valence-corrected chi connectivity index (χ0v) is 2.91. The molecule has 33 valence electrons. The third-order valence-corrected chi connectivity index (χ3v) is 0. The van der Waals surface area contributed by atoms with E-state index >= 15 is 0 Å². The first-order valence-corrected chi connectivity index (χ1v) is 1.01. The van der Waals surface area contributed by atoms with Gasteiger partial charge in [-0.2, -0.15) is 0 Å². The van der Waals surface area contributed by atoms with Gasteiger partial charge in [0.15, 0.2) is 0 Å². The van der Waals surface area contributed by atoms with Crippen molar-refractivity contribution in [2.24, 2.45) is 5.73 Å². The van der Waals surface area contributed by atoms with Gasteiger partial charge in [0.2, 0.25) is 0 Å². The molecule has 0 saturated heterocycles. The Morgan fingerprint density at radius 1 is 1.40 bits per heavy atom. The third-order valence-electron chi connectivity index (χ3n) is 0. The topological polar surface area (TPSA) is 26.0 Å². The van der Waals surface area contributed by atoms with Gasteiger partial charge in [-0.3, -0.25) is 0 Å². The van der Waals surface area contributed by atoms with Crippen molar-refractivity contribution < 1.29 is 8.78 Å². The molecule has 0 aromatic rings. The maximum Gasteiger partial charge on any atom is 0.298 e. The van der Waals surface area contributed by atoms with Gasteiger partial charge in [-0.15, -0.1) is 0 Å². The molecule has 0 amide bonds. The van der Waals surface area contributed by atoms with Gasteiger partial charge in [-0.1, -0.05) is 0 Å². The van der Waals surface area contributed by atoms with E-state index in [-0.39, 0.29) is 0 Å². The Balaban J connectivity index is 0. The Labute approximate surface area is 29.8 Å². The minimum atomic E-state index is -1.00. The summed E-state index contributed by atoms with van der Waals surface area (Å²) in [5.41, 5.74) is 4.50. The van der Waals surface area contributed by atoms with Crippen LogP contribution in [0.1, 0.15) is 0 Å². The molecule has 1 radical (unpaired) electrons. The highest BCUT2D eigenvalue weighted by Crippen LogP contribution is 1.68. The molecule has 5 heavy (non-hydrogen) atoms. The molecule has 1 nitrogen and oxygen atoms in total. The maximum absolute atomic E-state index is 9.50. The summed E-state index contributed by atoms with van der Waals surface area (Å²) in [7, 11) is 1.50. The van der Waals surface area contributed by atoms with Crippen molar-refractivity contribution in [1.82, 2.24) is 0 Å². The van der Waals surface area contributed by atoms with Crippen LogP contribution < -0.4 is 5.73 Å². The van der Waals surface area contributed by atoms with Crippen molar-refractivity contribution in [1.29, 1.82) is 0 Å². The van der Waals surface area contributed by atoms with Crippen LogP contribution in [0, 0.1) is 6.93 Å². The van der Waals surface area contributed by atoms with Gasteiger partial charge in [0.25, 0.3) is 6.93 Å². The van der Waals surface area contributed by atoms with Crippen molar-refractivity contribution in [3.63, 3.8) is 0 Å². The summed E-state index contributed by atoms with van der Waals surface area (Å²) in [6.07, 6.45) is 0. The highest BCUT2D eigenvalue weighted by atomic mass is 19.3. The summed E-state index contributed by atoms with van der Waals surface area (Å²) in [6.45, 7) is -1.00. The lowest BCUT2D eigenvalue weighted by Crippen LogP contribution is -1.69. The molecule has 3 heteroatoms. The fourth-order valence-electron chi connectivity index (χ4n) is 0. The van der Waals surface area contributed by atoms with Crippen molar-refractivity contribution in [2.75, 3.05) is 7.05 Å². The molecule has 0 aliphatic carbocycles. The van der Waals surface area contributed by atoms with E-state index in [1.54, 1.807) is 0 Å². The third kappa shape index (κ3) is 391. The highest BCUT2D eigenvalue weighted by Gasteiger charge is 1.48. The normalized spacial score (nSPS) is 4.80. The van der Waals surface area contributed by atoms with Crippen LogP contribution in [0.2, 0.25) is 0 Å². The van der Waals surface area contributed by atoms with Crippen molar-refractivity contribution in [3.05, 3.63) is 6.93 Å². The summed E-state index contributed by atoms with van der Waals surface area (Å²) in [5.74, 6) is 0. The molecule has 0 fully saturated rings. The first-order chi connectivity index (χ1) is 2.41. The van der Waals surface area contributed by atoms with E-state index in [1.807, 2.05) is 0 Å². The van der Waals surface area contributed by atoms with E-state index in [1.165, 1.54) is 7.05 Å². The van der Waals surface area contributed by atoms with Crippen LogP contribution in [-0.2, 0) is 0 Å². The Hall–Kier alpha value is -0.180. The second-order valence-corrected chi connectivity index (χ2v) is 0.0825. The average molecular weight is 82.1 g/mol. The quantitative estimate of drug-likeness (QED) is 0.455. The van der Waals surface area contributed by atoms with E-state index in [0.29, 0.717) is 0 Å². The molecular weight excluding hydrogens is 76.0 g/mol. The Morgan fingerprint density at radius 3 is 1.40 bits per heavy atom. The van der Waals surface area contributed by atoms with E-state index in [0.717, 1.165) is 0 Å². The lowest BCUT2D eigenvalue weighted by atomic mass is 11.6. The smallest absolute Gasteiger partial charge is 0.298 e. The SMILES string of the molecule is CN.F[CH]F. The van der Waals surface area contributed by atoms with Crippen molar-refractivity contribution >= 4 is 0 Å². The zero-order chi connectivity index (χ0) is 4.71.